The van der Waals surface area contributed by atoms with E-state index in [1.54, 1.807) is 18.2 Å². The average Bonchev–Trinajstić information content (AvgIpc) is 2.86. The number of rotatable bonds is 3. The number of benzene rings is 1. The quantitative estimate of drug-likeness (QED) is 0.752. The molecule has 1 N–H and O–H groups in total. The summed E-state index contributed by atoms with van der Waals surface area (Å²) in [5, 5.41) is 10.6. The van der Waals surface area contributed by atoms with Crippen LogP contribution in [0, 0.1) is 0 Å². The molecule has 0 unspecified atom stereocenters. The first kappa shape index (κ1) is 14.6. The van der Waals surface area contributed by atoms with Gasteiger partial charge in [0.1, 0.15) is 5.03 Å². The fourth-order valence-corrected chi connectivity index (χ4v) is 2.66. The van der Waals surface area contributed by atoms with Crippen molar-refractivity contribution in [3.05, 3.63) is 58.0 Å². The van der Waals surface area contributed by atoms with Crippen molar-refractivity contribution in [2.24, 2.45) is 0 Å². The molecule has 114 valence electrons. The molecule has 0 amide bonds. The Morgan fingerprint density at radius 2 is 2.05 bits per heavy atom. The topological polar surface area (TPSA) is 63.0 Å². The van der Waals surface area contributed by atoms with E-state index < -0.39 is 17.4 Å². The number of halogens is 3. The van der Waals surface area contributed by atoms with E-state index in [1.165, 1.54) is 17.8 Å². The van der Waals surface area contributed by atoms with Crippen molar-refractivity contribution in [3.8, 4) is 0 Å². The van der Waals surface area contributed by atoms with Crippen molar-refractivity contribution in [1.82, 2.24) is 19.8 Å². The molecule has 0 saturated carbocycles. The van der Waals surface area contributed by atoms with Gasteiger partial charge in [0.25, 0.3) is 0 Å². The molecule has 3 rings (SSSR count). The molecule has 0 aliphatic rings. The monoisotopic (exact) mass is 326 g/mol. The van der Waals surface area contributed by atoms with E-state index in [-0.39, 0.29) is 0 Å². The van der Waals surface area contributed by atoms with E-state index in [2.05, 4.69) is 15.3 Å². The van der Waals surface area contributed by atoms with Crippen LogP contribution in [-0.4, -0.2) is 19.8 Å². The van der Waals surface area contributed by atoms with E-state index in [4.69, 9.17) is 0 Å². The van der Waals surface area contributed by atoms with Gasteiger partial charge in [0, 0.05) is 5.75 Å². The normalized spacial score (nSPS) is 12.0. The van der Waals surface area contributed by atoms with Crippen molar-refractivity contribution in [2.75, 3.05) is 0 Å². The van der Waals surface area contributed by atoms with Gasteiger partial charge in [-0.1, -0.05) is 30.0 Å². The number of fused-ring (bicyclic) bond motifs is 1. The van der Waals surface area contributed by atoms with Crippen molar-refractivity contribution < 1.29 is 13.2 Å². The molecule has 3 aromatic rings. The van der Waals surface area contributed by atoms with Crippen LogP contribution in [0.3, 0.4) is 0 Å². The van der Waals surface area contributed by atoms with Gasteiger partial charge in [-0.2, -0.15) is 27.9 Å². The van der Waals surface area contributed by atoms with Gasteiger partial charge in [-0.3, -0.25) is 0 Å². The van der Waals surface area contributed by atoms with Gasteiger partial charge >= 0.3 is 11.9 Å². The number of aromatic amines is 1. The minimum absolute atomic E-state index is 0.315. The summed E-state index contributed by atoms with van der Waals surface area (Å²) in [6.07, 6.45) is -4.36. The molecular formula is C13H9F3N4OS. The van der Waals surface area contributed by atoms with Crippen molar-refractivity contribution in [3.63, 3.8) is 0 Å². The third kappa shape index (κ3) is 2.98. The summed E-state index contributed by atoms with van der Waals surface area (Å²) in [6.45, 7) is 0. The van der Waals surface area contributed by atoms with Crippen LogP contribution in [0.1, 0.15) is 11.1 Å². The van der Waals surface area contributed by atoms with Crippen LogP contribution in [0.15, 0.2) is 46.2 Å². The molecule has 0 aliphatic heterocycles. The predicted molar refractivity (Wildman–Crippen MR) is 74.6 cm³/mol. The molecule has 0 fully saturated rings. The second kappa shape index (κ2) is 5.48. The van der Waals surface area contributed by atoms with Crippen LogP contribution >= 0.6 is 11.8 Å². The average molecular weight is 326 g/mol. The van der Waals surface area contributed by atoms with Crippen molar-refractivity contribution in [2.45, 2.75) is 17.0 Å². The lowest BCUT2D eigenvalue weighted by Gasteiger charge is -2.08. The lowest BCUT2D eigenvalue weighted by molar-refractivity contribution is -0.137. The Balaban J connectivity index is 1.79. The smallest absolute Gasteiger partial charge is 0.244 e. The molecule has 0 aliphatic carbocycles. The van der Waals surface area contributed by atoms with Crippen LogP contribution < -0.4 is 5.69 Å². The lowest BCUT2D eigenvalue weighted by atomic mass is 10.1. The molecule has 2 aromatic heterocycles. The van der Waals surface area contributed by atoms with Crippen molar-refractivity contribution >= 4 is 17.4 Å². The fourth-order valence-electron chi connectivity index (χ4n) is 1.86. The van der Waals surface area contributed by atoms with Crippen LogP contribution in [0.25, 0.3) is 5.65 Å². The van der Waals surface area contributed by atoms with E-state index in [0.717, 1.165) is 16.6 Å². The summed E-state index contributed by atoms with van der Waals surface area (Å²) in [6, 6.07) is 8.40. The molecule has 22 heavy (non-hydrogen) atoms. The number of alkyl halides is 3. The summed E-state index contributed by atoms with van der Waals surface area (Å²) in [5.41, 5.74) is -0.230. The molecule has 0 saturated heterocycles. The minimum atomic E-state index is -4.36. The third-order valence-electron chi connectivity index (χ3n) is 2.89. The molecule has 9 heteroatoms. The number of thioether (sulfide) groups is 1. The second-order valence-corrected chi connectivity index (χ2v) is 5.45. The highest BCUT2D eigenvalue weighted by molar-refractivity contribution is 7.98. The highest BCUT2D eigenvalue weighted by atomic mass is 32.2. The van der Waals surface area contributed by atoms with E-state index >= 15 is 0 Å². The second-order valence-electron chi connectivity index (χ2n) is 4.46. The molecular weight excluding hydrogens is 317 g/mol. The van der Waals surface area contributed by atoms with E-state index in [9.17, 15) is 18.0 Å². The van der Waals surface area contributed by atoms with Gasteiger partial charge < -0.3 is 0 Å². The number of aromatic nitrogens is 4. The zero-order valence-corrected chi connectivity index (χ0v) is 11.8. The first-order valence-electron chi connectivity index (χ1n) is 6.17. The van der Waals surface area contributed by atoms with Crippen LogP contribution in [-0.2, 0) is 11.9 Å². The Labute approximate surface area is 126 Å². The molecule has 5 nitrogen and oxygen atoms in total. The SMILES string of the molecule is O=c1[nH]nc2ccc(SCc3cccc(C(F)(F)F)c3)nn12. The van der Waals surface area contributed by atoms with Gasteiger partial charge in [0.05, 0.1) is 5.56 Å². The summed E-state index contributed by atoms with van der Waals surface area (Å²) < 4.78 is 39.0. The molecule has 0 bridgehead atoms. The molecule has 0 atom stereocenters. The molecule has 0 radical (unpaired) electrons. The minimum Gasteiger partial charge on any atom is -0.244 e. The highest BCUT2D eigenvalue weighted by Gasteiger charge is 2.30. The van der Waals surface area contributed by atoms with Gasteiger partial charge in [-0.15, -0.1) is 0 Å². The standard InChI is InChI=1S/C13H9F3N4OS/c14-13(15,16)9-3-1-2-8(6-9)7-22-11-5-4-10-17-18-12(21)20(10)19-11/h1-6H,7H2,(H,18,21). The summed E-state index contributed by atoms with van der Waals surface area (Å²) in [4.78, 5) is 11.4. The predicted octanol–water partition coefficient (Wildman–Crippen LogP) is 2.73. The summed E-state index contributed by atoms with van der Waals surface area (Å²) in [5.74, 6) is 0.315. The number of H-pyrrole nitrogens is 1. The van der Waals surface area contributed by atoms with Gasteiger partial charge in [0.15, 0.2) is 5.65 Å². The highest BCUT2D eigenvalue weighted by Crippen LogP contribution is 2.30. The number of nitrogens with one attached hydrogen (secondary N) is 1. The lowest BCUT2D eigenvalue weighted by Crippen LogP contribution is -2.12. The van der Waals surface area contributed by atoms with Crippen LogP contribution in [0.2, 0.25) is 0 Å². The summed E-state index contributed by atoms with van der Waals surface area (Å²) >= 11 is 1.24. The number of hydrogen-bond donors (Lipinski definition) is 1. The van der Waals surface area contributed by atoms with Gasteiger partial charge in [0.2, 0.25) is 0 Å². The molecule has 1 aromatic carbocycles. The maximum atomic E-state index is 12.6. The summed E-state index contributed by atoms with van der Waals surface area (Å²) in [7, 11) is 0. The first-order chi connectivity index (χ1) is 10.4. The van der Waals surface area contributed by atoms with Crippen molar-refractivity contribution in [1.29, 1.82) is 0 Å². The zero-order chi connectivity index (χ0) is 15.7. The van der Waals surface area contributed by atoms with Gasteiger partial charge in [-0.25, -0.2) is 9.89 Å². The fraction of sp³-hybridized carbons (Fsp3) is 0.154. The Morgan fingerprint density at radius 1 is 1.23 bits per heavy atom. The van der Waals surface area contributed by atoms with Crippen LogP contribution in [0.5, 0.6) is 0 Å². The molecule has 0 spiro atoms. The van der Waals surface area contributed by atoms with Gasteiger partial charge in [-0.05, 0) is 23.8 Å². The molecule has 2 heterocycles. The maximum absolute atomic E-state index is 12.6. The maximum Gasteiger partial charge on any atom is 0.416 e. The van der Waals surface area contributed by atoms with E-state index in [0.29, 0.717) is 22.0 Å². The number of nitrogens with zero attached hydrogens (tertiary/aromatic N) is 3. The first-order valence-corrected chi connectivity index (χ1v) is 7.15. The Hall–Kier alpha value is -2.29. The third-order valence-corrected chi connectivity index (χ3v) is 3.88. The largest absolute Gasteiger partial charge is 0.416 e. The Morgan fingerprint density at radius 3 is 2.82 bits per heavy atom. The number of hydrogen-bond acceptors (Lipinski definition) is 4. The Bertz CT molecular complexity index is 871. The van der Waals surface area contributed by atoms with Crippen LogP contribution in [0.4, 0.5) is 13.2 Å². The zero-order valence-electron chi connectivity index (χ0n) is 11.0. The Kier molecular flexibility index (Phi) is 3.65. The van der Waals surface area contributed by atoms with E-state index in [1.807, 2.05) is 0 Å².